The molecule has 32 heavy (non-hydrogen) atoms. The molecule has 0 aromatic heterocycles. The Labute approximate surface area is 199 Å². The Hall–Kier alpha value is -0.600. The summed E-state index contributed by atoms with van der Waals surface area (Å²) in [6.07, 6.45) is 17.2. The molecule has 3 rings (SSSR count). The monoisotopic (exact) mass is 444 g/mol. The summed E-state index contributed by atoms with van der Waals surface area (Å²) in [5, 5.41) is 11.4. The lowest BCUT2D eigenvalue weighted by molar-refractivity contribution is -0.265. The smallest absolute Gasteiger partial charge is 0.0883 e. The molecule has 0 radical (unpaired) electrons. The van der Waals surface area contributed by atoms with Crippen LogP contribution < -0.4 is 0 Å². The van der Waals surface area contributed by atoms with Gasteiger partial charge in [0.1, 0.15) is 0 Å². The van der Waals surface area contributed by atoms with Gasteiger partial charge in [-0.25, -0.2) is 0 Å². The Bertz CT molecular complexity index is 710. The highest BCUT2D eigenvalue weighted by atomic mass is 16.5. The fourth-order valence-corrected chi connectivity index (χ4v) is 7.98. The molecule has 3 aliphatic rings. The molecule has 2 heteroatoms. The molecule has 1 N–H and O–H groups in total. The van der Waals surface area contributed by atoms with Gasteiger partial charge in [0, 0.05) is 0 Å². The molecule has 0 aromatic rings. The van der Waals surface area contributed by atoms with E-state index in [2.05, 4.69) is 60.6 Å². The molecule has 2 aliphatic carbocycles. The number of hydrogen-bond acceptors (Lipinski definition) is 2. The summed E-state index contributed by atoms with van der Waals surface area (Å²) in [6, 6.07) is 0. The van der Waals surface area contributed by atoms with Crippen molar-refractivity contribution >= 4 is 0 Å². The van der Waals surface area contributed by atoms with Crippen LogP contribution in [0.25, 0.3) is 0 Å². The summed E-state index contributed by atoms with van der Waals surface area (Å²) in [5.41, 5.74) is 2.82. The average molecular weight is 445 g/mol. The Morgan fingerprint density at radius 3 is 2.34 bits per heavy atom. The van der Waals surface area contributed by atoms with E-state index >= 15 is 0 Å². The van der Waals surface area contributed by atoms with Crippen molar-refractivity contribution < 1.29 is 9.84 Å². The van der Waals surface area contributed by atoms with Crippen molar-refractivity contribution in [2.75, 3.05) is 0 Å². The zero-order valence-corrected chi connectivity index (χ0v) is 22.5. The van der Waals surface area contributed by atoms with Crippen molar-refractivity contribution in [1.82, 2.24) is 0 Å². The van der Waals surface area contributed by atoms with Gasteiger partial charge in [0.05, 0.1) is 17.3 Å². The molecule has 3 fully saturated rings. The topological polar surface area (TPSA) is 29.5 Å². The third-order valence-corrected chi connectivity index (χ3v) is 9.80. The standard InChI is InChI=1S/C30H52O2/c1-22(2)12-9-13-23(3)14-10-20-29(7,31)26-16-15-25-28(6)19-11-18-27(4,5)24(28)17-21-30(25,8)32-26/h12,14,24-26,31H,9-11,13,15-21H2,1-8H3/b23-14+/t24-,25+,26-,28-,29-,30+/m0/s1. The van der Waals surface area contributed by atoms with Gasteiger partial charge in [-0.15, -0.1) is 0 Å². The molecular weight excluding hydrogens is 392 g/mol. The summed E-state index contributed by atoms with van der Waals surface area (Å²) < 4.78 is 6.90. The molecule has 2 nitrogen and oxygen atoms in total. The number of rotatable bonds is 7. The predicted octanol–water partition coefficient (Wildman–Crippen LogP) is 8.39. The van der Waals surface area contributed by atoms with Gasteiger partial charge in [-0.3, -0.25) is 0 Å². The van der Waals surface area contributed by atoms with E-state index in [1.807, 2.05) is 6.92 Å². The minimum atomic E-state index is -0.756. The molecule has 6 atom stereocenters. The van der Waals surface area contributed by atoms with E-state index in [9.17, 15) is 5.11 Å². The molecule has 0 spiro atoms. The lowest BCUT2D eigenvalue weighted by Gasteiger charge is -2.64. The Morgan fingerprint density at radius 1 is 0.938 bits per heavy atom. The van der Waals surface area contributed by atoms with Gasteiger partial charge in [-0.05, 0) is 121 Å². The van der Waals surface area contributed by atoms with Crippen LogP contribution in [-0.2, 0) is 4.74 Å². The van der Waals surface area contributed by atoms with Crippen molar-refractivity contribution in [3.05, 3.63) is 23.3 Å². The Kier molecular flexibility index (Phi) is 7.78. The average Bonchev–Trinajstić information content (AvgIpc) is 2.66. The third-order valence-electron chi connectivity index (χ3n) is 9.80. The molecule has 1 saturated heterocycles. The van der Waals surface area contributed by atoms with Gasteiger partial charge in [0.15, 0.2) is 0 Å². The molecule has 1 aliphatic heterocycles. The summed E-state index contributed by atoms with van der Waals surface area (Å²) in [4.78, 5) is 0. The van der Waals surface area contributed by atoms with Crippen molar-refractivity contribution in [3.8, 4) is 0 Å². The minimum Gasteiger partial charge on any atom is -0.387 e. The highest BCUT2D eigenvalue weighted by Gasteiger charge is 2.61. The van der Waals surface area contributed by atoms with Crippen LogP contribution in [0.15, 0.2) is 23.3 Å². The maximum absolute atomic E-state index is 11.4. The van der Waals surface area contributed by atoms with E-state index in [0.29, 0.717) is 16.7 Å². The molecule has 0 bridgehead atoms. The van der Waals surface area contributed by atoms with Gasteiger partial charge in [-0.1, -0.05) is 50.5 Å². The first-order valence-electron chi connectivity index (χ1n) is 13.5. The SMILES string of the molecule is CC(C)=CCC/C(C)=C/CC[C@](C)(O)[C@@H]1CC[C@@H]2[C@@]3(C)CCCC(C)(C)[C@@H]3CC[C@@]2(C)O1. The van der Waals surface area contributed by atoms with E-state index in [-0.39, 0.29) is 11.7 Å². The molecule has 0 aromatic carbocycles. The van der Waals surface area contributed by atoms with E-state index in [4.69, 9.17) is 4.74 Å². The maximum atomic E-state index is 11.4. The molecule has 2 saturated carbocycles. The second kappa shape index (κ2) is 9.57. The fraction of sp³-hybridized carbons (Fsp3) is 0.867. The van der Waals surface area contributed by atoms with Gasteiger partial charge >= 0.3 is 0 Å². The van der Waals surface area contributed by atoms with Crippen LogP contribution in [0.2, 0.25) is 0 Å². The van der Waals surface area contributed by atoms with Crippen LogP contribution in [-0.4, -0.2) is 22.4 Å². The van der Waals surface area contributed by atoms with E-state index in [0.717, 1.165) is 44.4 Å². The largest absolute Gasteiger partial charge is 0.387 e. The summed E-state index contributed by atoms with van der Waals surface area (Å²) in [5.74, 6) is 1.43. The third kappa shape index (κ3) is 5.38. The number of ether oxygens (including phenoxy) is 1. The fourth-order valence-electron chi connectivity index (χ4n) is 7.98. The van der Waals surface area contributed by atoms with Crippen molar-refractivity contribution in [2.24, 2.45) is 22.7 Å². The Morgan fingerprint density at radius 2 is 1.66 bits per heavy atom. The van der Waals surface area contributed by atoms with Crippen LogP contribution in [0.3, 0.4) is 0 Å². The number of fused-ring (bicyclic) bond motifs is 3. The summed E-state index contributed by atoms with van der Waals surface area (Å²) in [7, 11) is 0. The number of aliphatic hydroxyl groups is 1. The molecule has 184 valence electrons. The van der Waals surface area contributed by atoms with Gasteiger partial charge < -0.3 is 9.84 Å². The lowest BCUT2D eigenvalue weighted by atomic mass is 9.44. The number of hydrogen-bond donors (Lipinski definition) is 1. The molecule has 0 unspecified atom stereocenters. The number of allylic oxidation sites excluding steroid dienone is 4. The van der Waals surface area contributed by atoms with Crippen LogP contribution in [0, 0.1) is 22.7 Å². The van der Waals surface area contributed by atoms with Gasteiger partial charge in [0.2, 0.25) is 0 Å². The van der Waals surface area contributed by atoms with Crippen LogP contribution in [0.1, 0.15) is 126 Å². The zero-order valence-electron chi connectivity index (χ0n) is 22.5. The van der Waals surface area contributed by atoms with Crippen molar-refractivity contribution in [2.45, 2.75) is 143 Å². The first kappa shape index (κ1) is 26.0. The predicted molar refractivity (Wildman–Crippen MR) is 137 cm³/mol. The molecular formula is C30H52O2. The highest BCUT2D eigenvalue weighted by Crippen LogP contribution is 2.65. The van der Waals surface area contributed by atoms with E-state index < -0.39 is 5.60 Å². The minimum absolute atomic E-state index is 0.0418. The molecule has 0 amide bonds. The van der Waals surface area contributed by atoms with E-state index in [1.54, 1.807) is 0 Å². The first-order chi connectivity index (χ1) is 14.8. The molecule has 1 heterocycles. The van der Waals surface area contributed by atoms with Crippen molar-refractivity contribution in [3.63, 3.8) is 0 Å². The van der Waals surface area contributed by atoms with Gasteiger partial charge in [-0.2, -0.15) is 0 Å². The second-order valence-corrected chi connectivity index (χ2v) is 13.3. The summed E-state index contributed by atoms with van der Waals surface area (Å²) in [6.45, 7) is 18.5. The zero-order chi connectivity index (χ0) is 23.8. The van der Waals surface area contributed by atoms with Gasteiger partial charge in [0.25, 0.3) is 0 Å². The highest BCUT2D eigenvalue weighted by molar-refractivity contribution is 5.11. The second-order valence-electron chi connectivity index (χ2n) is 13.3. The Balaban J connectivity index is 1.62. The summed E-state index contributed by atoms with van der Waals surface area (Å²) >= 11 is 0. The van der Waals surface area contributed by atoms with Crippen LogP contribution in [0.4, 0.5) is 0 Å². The van der Waals surface area contributed by atoms with E-state index in [1.165, 1.54) is 43.3 Å². The quantitative estimate of drug-likeness (QED) is 0.399. The van der Waals surface area contributed by atoms with Crippen LogP contribution in [0.5, 0.6) is 0 Å². The first-order valence-corrected chi connectivity index (χ1v) is 13.5. The van der Waals surface area contributed by atoms with Crippen molar-refractivity contribution in [1.29, 1.82) is 0 Å². The maximum Gasteiger partial charge on any atom is 0.0883 e. The normalized spacial score (nSPS) is 38.9. The lowest BCUT2D eigenvalue weighted by Crippen LogP contribution is -2.63. The van der Waals surface area contributed by atoms with Crippen LogP contribution >= 0.6 is 0 Å².